The Bertz CT molecular complexity index is 876. The molecule has 154 valence electrons. The Labute approximate surface area is 178 Å². The molecule has 1 saturated heterocycles. The van der Waals surface area contributed by atoms with Crippen molar-refractivity contribution < 1.29 is 22.8 Å². The molecule has 2 aliphatic heterocycles. The van der Waals surface area contributed by atoms with Crippen molar-refractivity contribution in [2.24, 2.45) is 4.99 Å². The van der Waals surface area contributed by atoms with Crippen LogP contribution in [-0.4, -0.2) is 37.2 Å². The summed E-state index contributed by atoms with van der Waals surface area (Å²) in [4.78, 5) is 4.83. The van der Waals surface area contributed by atoms with Crippen LogP contribution in [0, 0.1) is 0 Å². The first-order valence-corrected chi connectivity index (χ1v) is 10.9. The van der Waals surface area contributed by atoms with Crippen LogP contribution in [0.1, 0.15) is 12.5 Å². The van der Waals surface area contributed by atoms with Crippen molar-refractivity contribution in [1.82, 2.24) is 0 Å². The quantitative estimate of drug-likeness (QED) is 0.536. The van der Waals surface area contributed by atoms with E-state index in [0.29, 0.717) is 19.0 Å². The Morgan fingerprint density at radius 3 is 2.59 bits per heavy atom. The fourth-order valence-corrected chi connectivity index (χ4v) is 4.28. The lowest BCUT2D eigenvalue weighted by atomic mass is 10.1. The number of benzene rings is 2. The number of aliphatic imine (C=N–C) groups is 1. The third kappa shape index (κ3) is 4.92. The normalized spacial score (nSPS) is 18.2. The van der Waals surface area contributed by atoms with E-state index < -0.39 is 0 Å². The molecule has 4 rings (SSSR count). The van der Waals surface area contributed by atoms with Gasteiger partial charge >= 0.3 is 0 Å². The van der Waals surface area contributed by atoms with Crippen molar-refractivity contribution in [1.29, 1.82) is 0 Å². The van der Waals surface area contributed by atoms with Gasteiger partial charge in [0.05, 0.1) is 19.8 Å². The van der Waals surface area contributed by atoms with Gasteiger partial charge in [0.15, 0.2) is 11.5 Å². The highest BCUT2D eigenvalue weighted by Crippen LogP contribution is 2.38. The van der Waals surface area contributed by atoms with Crippen LogP contribution in [0.5, 0.6) is 17.2 Å². The SMILES string of the molecule is CCOc1ccccc1OCC1=N[C@@H](Cc2ccc(OC)c(N3OSO3)c2)CS1. The second-order valence-electron chi connectivity index (χ2n) is 6.34. The van der Waals surface area contributed by atoms with Crippen molar-refractivity contribution in [3.05, 3.63) is 48.0 Å². The fraction of sp³-hybridized carbons (Fsp3) is 0.350. The first-order valence-electron chi connectivity index (χ1n) is 9.29. The lowest BCUT2D eigenvalue weighted by Crippen LogP contribution is -2.27. The molecule has 0 radical (unpaired) electrons. The molecule has 1 fully saturated rings. The van der Waals surface area contributed by atoms with Gasteiger partial charge in [0.1, 0.15) is 23.1 Å². The number of anilines is 1. The maximum atomic E-state index is 5.94. The molecule has 0 aromatic heterocycles. The third-order valence-electron chi connectivity index (χ3n) is 4.38. The summed E-state index contributed by atoms with van der Waals surface area (Å²) in [6, 6.07) is 13.9. The lowest BCUT2D eigenvalue weighted by Gasteiger charge is -2.27. The Morgan fingerprint density at radius 2 is 1.90 bits per heavy atom. The number of methoxy groups -OCH3 is 1. The van der Waals surface area contributed by atoms with E-state index in [-0.39, 0.29) is 6.04 Å². The molecule has 29 heavy (non-hydrogen) atoms. The molecule has 2 aromatic carbocycles. The summed E-state index contributed by atoms with van der Waals surface area (Å²) in [6.45, 7) is 3.02. The van der Waals surface area contributed by atoms with Gasteiger partial charge in [-0.2, -0.15) is 0 Å². The average Bonchev–Trinajstić information content (AvgIpc) is 3.14. The largest absolute Gasteiger partial charge is 0.494 e. The van der Waals surface area contributed by atoms with Gasteiger partial charge < -0.3 is 14.2 Å². The van der Waals surface area contributed by atoms with Crippen molar-refractivity contribution >= 4 is 34.8 Å². The van der Waals surface area contributed by atoms with Crippen LogP contribution in [-0.2, 0) is 15.0 Å². The number of hydrogen-bond acceptors (Lipinski definition) is 9. The molecule has 1 atom stereocenters. The Balaban J connectivity index is 1.37. The summed E-state index contributed by atoms with van der Waals surface area (Å²) in [5.41, 5.74) is 1.89. The van der Waals surface area contributed by atoms with E-state index in [0.717, 1.165) is 52.3 Å². The molecular formula is C20H22N2O5S2. The van der Waals surface area contributed by atoms with Gasteiger partial charge in [-0.25, -0.2) is 0 Å². The molecule has 0 aliphatic carbocycles. The Kier molecular flexibility index (Phi) is 6.70. The van der Waals surface area contributed by atoms with Gasteiger partial charge in [0, 0.05) is 5.75 Å². The minimum Gasteiger partial charge on any atom is -0.494 e. The lowest BCUT2D eigenvalue weighted by molar-refractivity contribution is 0.0256. The van der Waals surface area contributed by atoms with Crippen LogP contribution in [0.4, 0.5) is 5.69 Å². The number of rotatable bonds is 9. The zero-order valence-corrected chi connectivity index (χ0v) is 17.8. The van der Waals surface area contributed by atoms with Crippen molar-refractivity contribution in [3.63, 3.8) is 0 Å². The van der Waals surface area contributed by atoms with E-state index in [2.05, 4.69) is 0 Å². The van der Waals surface area contributed by atoms with E-state index in [1.165, 1.54) is 5.23 Å². The van der Waals surface area contributed by atoms with E-state index in [9.17, 15) is 0 Å². The Morgan fingerprint density at radius 1 is 1.10 bits per heavy atom. The zero-order valence-electron chi connectivity index (χ0n) is 16.2. The minimum absolute atomic E-state index is 0.203. The topological polar surface area (TPSA) is 61.8 Å². The molecular weight excluding hydrogens is 412 g/mol. The van der Waals surface area contributed by atoms with Gasteiger partial charge in [0.25, 0.3) is 0 Å². The van der Waals surface area contributed by atoms with E-state index in [1.807, 2.05) is 49.4 Å². The van der Waals surface area contributed by atoms with Gasteiger partial charge in [0.2, 0.25) is 12.3 Å². The molecule has 7 nitrogen and oxygen atoms in total. The monoisotopic (exact) mass is 434 g/mol. The predicted molar refractivity (Wildman–Crippen MR) is 116 cm³/mol. The molecule has 0 saturated carbocycles. The maximum Gasteiger partial charge on any atom is 0.217 e. The van der Waals surface area contributed by atoms with Crippen LogP contribution in [0.25, 0.3) is 0 Å². The van der Waals surface area contributed by atoms with Crippen molar-refractivity contribution in [2.75, 3.05) is 31.3 Å². The summed E-state index contributed by atoms with van der Waals surface area (Å²) in [5.74, 6) is 3.13. The molecule has 9 heteroatoms. The summed E-state index contributed by atoms with van der Waals surface area (Å²) in [6.07, 6.45) is 0.823. The highest BCUT2D eigenvalue weighted by atomic mass is 32.2. The second kappa shape index (κ2) is 9.62. The summed E-state index contributed by atoms with van der Waals surface area (Å²) < 4.78 is 27.3. The molecule has 0 spiro atoms. The van der Waals surface area contributed by atoms with Gasteiger partial charge in [-0.15, -0.1) is 20.3 Å². The summed E-state index contributed by atoms with van der Waals surface area (Å²) >= 11 is 2.67. The molecule has 2 heterocycles. The number of thioether (sulfide) groups is 1. The fourth-order valence-electron chi connectivity index (χ4n) is 3.06. The zero-order chi connectivity index (χ0) is 20.1. The van der Waals surface area contributed by atoms with Crippen molar-refractivity contribution in [2.45, 2.75) is 19.4 Å². The molecule has 2 aromatic rings. The number of nitrogens with zero attached hydrogens (tertiary/aromatic N) is 2. The van der Waals surface area contributed by atoms with Crippen LogP contribution in [0.2, 0.25) is 0 Å². The van der Waals surface area contributed by atoms with Crippen LogP contribution < -0.4 is 19.4 Å². The number of hydrogen-bond donors (Lipinski definition) is 0. The van der Waals surface area contributed by atoms with Gasteiger partial charge in [-0.05, 0) is 43.2 Å². The number of ether oxygens (including phenoxy) is 3. The molecule has 0 bridgehead atoms. The molecule has 0 amide bonds. The highest BCUT2D eigenvalue weighted by Gasteiger charge is 2.25. The van der Waals surface area contributed by atoms with E-state index >= 15 is 0 Å². The smallest absolute Gasteiger partial charge is 0.217 e. The predicted octanol–water partition coefficient (Wildman–Crippen LogP) is 4.48. The third-order valence-corrected chi connectivity index (χ3v) is 5.88. The van der Waals surface area contributed by atoms with Crippen LogP contribution >= 0.6 is 24.1 Å². The maximum absolute atomic E-state index is 5.94. The van der Waals surface area contributed by atoms with Crippen LogP contribution in [0.15, 0.2) is 47.5 Å². The minimum atomic E-state index is 0.203. The van der Waals surface area contributed by atoms with E-state index in [4.69, 9.17) is 27.8 Å². The summed E-state index contributed by atoms with van der Waals surface area (Å²) in [7, 11) is 1.62. The molecule has 0 N–H and O–H groups in total. The second-order valence-corrected chi connectivity index (χ2v) is 7.87. The van der Waals surface area contributed by atoms with Gasteiger partial charge in [-0.1, -0.05) is 23.4 Å². The highest BCUT2D eigenvalue weighted by molar-refractivity contribution is 8.14. The van der Waals surface area contributed by atoms with Crippen molar-refractivity contribution in [3.8, 4) is 17.2 Å². The molecule has 2 aliphatic rings. The average molecular weight is 435 g/mol. The standard InChI is InChI=1S/C20H22N2O5S2/c1-3-24-18-6-4-5-7-19(18)25-12-20-21-15(13-28-20)10-14-8-9-17(23-2)16(11-14)22-26-29-27-22/h4-9,11,15H,3,10,12-13H2,1-2H3/t15-/m0/s1. The van der Waals surface area contributed by atoms with E-state index in [1.54, 1.807) is 18.9 Å². The van der Waals surface area contributed by atoms with Crippen LogP contribution in [0.3, 0.4) is 0 Å². The first kappa shape index (κ1) is 20.2. The number of para-hydroxylation sites is 2. The Hall–Kier alpha value is -2.07. The van der Waals surface area contributed by atoms with Gasteiger partial charge in [-0.3, -0.25) is 4.99 Å². The summed E-state index contributed by atoms with van der Waals surface area (Å²) in [5, 5.41) is 2.34. The first-order chi connectivity index (χ1) is 14.3. The molecule has 0 unspecified atom stereocenters.